The second kappa shape index (κ2) is 8.31. The Morgan fingerprint density at radius 1 is 1.12 bits per heavy atom. The van der Waals surface area contributed by atoms with E-state index in [0.717, 1.165) is 4.90 Å². The summed E-state index contributed by atoms with van der Waals surface area (Å²) in [6.45, 7) is 3.89. The number of carbonyl (C=O) groups is 1. The summed E-state index contributed by atoms with van der Waals surface area (Å²) in [6, 6.07) is 11.3. The monoisotopic (exact) mass is 365 g/mol. The van der Waals surface area contributed by atoms with E-state index in [1.807, 2.05) is 38.1 Å². The van der Waals surface area contributed by atoms with E-state index < -0.39 is 0 Å². The van der Waals surface area contributed by atoms with Crippen molar-refractivity contribution < 1.29 is 14.3 Å². The van der Waals surface area contributed by atoms with Crippen LogP contribution >= 0.6 is 23.4 Å². The van der Waals surface area contributed by atoms with E-state index in [9.17, 15) is 4.79 Å². The van der Waals surface area contributed by atoms with Crippen LogP contribution in [0.25, 0.3) is 0 Å². The molecular weight excluding hydrogens is 346 g/mol. The van der Waals surface area contributed by atoms with E-state index >= 15 is 0 Å². The van der Waals surface area contributed by atoms with Crippen LogP contribution in [-0.2, 0) is 4.79 Å². The summed E-state index contributed by atoms with van der Waals surface area (Å²) >= 11 is 7.57. The lowest BCUT2D eigenvalue weighted by atomic mass is 10.2. The van der Waals surface area contributed by atoms with Crippen LogP contribution in [0.4, 0.5) is 5.69 Å². The van der Waals surface area contributed by atoms with Crippen molar-refractivity contribution >= 4 is 35.0 Å². The third-order valence-corrected chi connectivity index (χ3v) is 4.84. The lowest BCUT2D eigenvalue weighted by Crippen LogP contribution is -2.22. The molecule has 0 radical (unpaired) electrons. The molecule has 1 N–H and O–H groups in total. The number of aryl methyl sites for hydroxylation is 1. The number of halogens is 1. The molecule has 0 aliphatic carbocycles. The Morgan fingerprint density at radius 2 is 1.75 bits per heavy atom. The Morgan fingerprint density at radius 3 is 2.33 bits per heavy atom. The quantitative estimate of drug-likeness (QED) is 0.748. The summed E-state index contributed by atoms with van der Waals surface area (Å²) in [4.78, 5) is 13.5. The molecule has 2 aromatic carbocycles. The molecule has 0 unspecified atom stereocenters. The highest BCUT2D eigenvalue weighted by atomic mass is 35.5. The number of anilines is 1. The largest absolute Gasteiger partial charge is 0.495 e. The minimum Gasteiger partial charge on any atom is -0.495 e. The van der Waals surface area contributed by atoms with Gasteiger partial charge in [0.15, 0.2) is 0 Å². The molecule has 0 aromatic heterocycles. The van der Waals surface area contributed by atoms with Gasteiger partial charge in [0.05, 0.1) is 30.2 Å². The van der Waals surface area contributed by atoms with Crippen LogP contribution in [0, 0.1) is 6.92 Å². The molecule has 4 nitrogen and oxygen atoms in total. The molecule has 0 fully saturated rings. The molecule has 6 heteroatoms. The molecule has 0 spiro atoms. The summed E-state index contributed by atoms with van der Waals surface area (Å²) < 4.78 is 10.5. The Bertz CT molecular complexity index is 719. The van der Waals surface area contributed by atoms with Gasteiger partial charge in [-0.3, -0.25) is 4.79 Å². The van der Waals surface area contributed by atoms with Gasteiger partial charge in [-0.2, -0.15) is 0 Å². The third kappa shape index (κ3) is 4.58. The van der Waals surface area contributed by atoms with Crippen LogP contribution in [0.3, 0.4) is 0 Å². The van der Waals surface area contributed by atoms with Crippen LogP contribution in [0.5, 0.6) is 11.5 Å². The molecule has 0 saturated heterocycles. The number of rotatable bonds is 6. The molecular formula is C18H20ClNO3S. The summed E-state index contributed by atoms with van der Waals surface area (Å²) in [5.74, 6) is 0.844. The Labute approximate surface area is 151 Å². The molecule has 24 heavy (non-hydrogen) atoms. The summed E-state index contributed by atoms with van der Waals surface area (Å²) in [5.41, 5.74) is 1.72. The predicted molar refractivity (Wildman–Crippen MR) is 99.7 cm³/mol. The molecule has 1 atom stereocenters. The highest BCUT2D eigenvalue weighted by Gasteiger charge is 2.18. The van der Waals surface area contributed by atoms with E-state index in [1.54, 1.807) is 12.1 Å². The maximum Gasteiger partial charge on any atom is 0.237 e. The molecule has 2 rings (SSSR count). The minimum atomic E-state index is -0.265. The summed E-state index contributed by atoms with van der Waals surface area (Å²) in [7, 11) is 3.05. The molecule has 0 saturated carbocycles. The first-order valence-electron chi connectivity index (χ1n) is 7.40. The minimum absolute atomic E-state index is 0.122. The van der Waals surface area contributed by atoms with Crippen molar-refractivity contribution in [2.45, 2.75) is 24.0 Å². The fourth-order valence-corrected chi connectivity index (χ4v) is 3.17. The van der Waals surface area contributed by atoms with Gasteiger partial charge in [0, 0.05) is 17.0 Å². The van der Waals surface area contributed by atoms with Crippen molar-refractivity contribution in [3.05, 3.63) is 47.0 Å². The van der Waals surface area contributed by atoms with Crippen molar-refractivity contribution in [2.24, 2.45) is 0 Å². The number of methoxy groups -OCH3 is 2. The van der Waals surface area contributed by atoms with E-state index in [1.165, 1.54) is 31.5 Å². The topological polar surface area (TPSA) is 47.6 Å². The molecule has 1 amide bonds. The zero-order valence-electron chi connectivity index (χ0n) is 14.1. The van der Waals surface area contributed by atoms with Crippen molar-refractivity contribution in [2.75, 3.05) is 19.5 Å². The van der Waals surface area contributed by atoms with E-state index in [0.29, 0.717) is 22.2 Å². The highest BCUT2D eigenvalue weighted by molar-refractivity contribution is 8.00. The molecule has 0 heterocycles. The average Bonchev–Trinajstić information content (AvgIpc) is 2.57. The summed E-state index contributed by atoms with van der Waals surface area (Å²) in [6.07, 6.45) is 0. The van der Waals surface area contributed by atoms with Crippen molar-refractivity contribution in [3.8, 4) is 11.5 Å². The second-order valence-electron chi connectivity index (χ2n) is 5.25. The Balaban J connectivity index is 2.12. The van der Waals surface area contributed by atoms with Crippen LogP contribution in [0.15, 0.2) is 41.3 Å². The number of hydrogen-bond acceptors (Lipinski definition) is 4. The number of ether oxygens (including phenoxy) is 2. The molecule has 128 valence electrons. The smallest absolute Gasteiger partial charge is 0.237 e. The number of hydrogen-bond donors (Lipinski definition) is 1. The SMILES string of the molecule is COc1cc(NC(=O)[C@H](C)Sc2ccc(C)cc2)c(OC)cc1Cl. The van der Waals surface area contributed by atoms with Gasteiger partial charge in [0.2, 0.25) is 5.91 Å². The van der Waals surface area contributed by atoms with Gasteiger partial charge in [-0.15, -0.1) is 11.8 Å². The lowest BCUT2D eigenvalue weighted by Gasteiger charge is -2.16. The maximum atomic E-state index is 12.5. The molecule has 0 aliphatic rings. The van der Waals surface area contributed by atoms with Gasteiger partial charge in [-0.25, -0.2) is 0 Å². The average molecular weight is 366 g/mol. The first-order valence-corrected chi connectivity index (χ1v) is 8.66. The van der Waals surface area contributed by atoms with E-state index in [4.69, 9.17) is 21.1 Å². The van der Waals surface area contributed by atoms with Crippen molar-refractivity contribution in [1.29, 1.82) is 0 Å². The molecule has 0 bridgehead atoms. The zero-order chi connectivity index (χ0) is 17.7. The van der Waals surface area contributed by atoms with Gasteiger partial charge < -0.3 is 14.8 Å². The van der Waals surface area contributed by atoms with Crippen LogP contribution in [-0.4, -0.2) is 25.4 Å². The number of benzene rings is 2. The van der Waals surface area contributed by atoms with E-state index in [-0.39, 0.29) is 11.2 Å². The first kappa shape index (κ1) is 18.5. The number of thioether (sulfide) groups is 1. The van der Waals surface area contributed by atoms with Crippen LogP contribution < -0.4 is 14.8 Å². The van der Waals surface area contributed by atoms with Gasteiger partial charge in [-0.1, -0.05) is 29.3 Å². The number of nitrogens with one attached hydrogen (secondary N) is 1. The summed E-state index contributed by atoms with van der Waals surface area (Å²) in [5, 5.41) is 3.03. The second-order valence-corrected chi connectivity index (χ2v) is 7.07. The fraction of sp³-hybridized carbons (Fsp3) is 0.278. The van der Waals surface area contributed by atoms with Gasteiger partial charge in [0.25, 0.3) is 0 Å². The lowest BCUT2D eigenvalue weighted by molar-refractivity contribution is -0.115. The van der Waals surface area contributed by atoms with Gasteiger partial charge >= 0.3 is 0 Å². The Hall–Kier alpha value is -1.85. The first-order chi connectivity index (χ1) is 11.4. The maximum absolute atomic E-state index is 12.5. The highest BCUT2D eigenvalue weighted by Crippen LogP contribution is 2.36. The predicted octanol–water partition coefficient (Wildman–Crippen LogP) is 4.78. The number of amides is 1. The number of carbonyl (C=O) groups excluding carboxylic acids is 1. The normalized spacial score (nSPS) is 11.7. The van der Waals surface area contributed by atoms with Crippen molar-refractivity contribution in [1.82, 2.24) is 0 Å². The third-order valence-electron chi connectivity index (χ3n) is 3.43. The fourth-order valence-electron chi connectivity index (χ4n) is 2.07. The molecule has 2 aromatic rings. The molecule has 0 aliphatic heterocycles. The standard InChI is InChI=1S/C18H20ClNO3S/c1-11-5-7-13(8-6-11)24-12(2)18(21)20-15-10-16(22-3)14(19)9-17(15)23-4/h5-10,12H,1-4H3,(H,20,21)/t12-/m0/s1. The van der Waals surface area contributed by atoms with E-state index in [2.05, 4.69) is 5.32 Å². The van der Waals surface area contributed by atoms with Gasteiger partial charge in [-0.05, 0) is 26.0 Å². The van der Waals surface area contributed by atoms with Crippen molar-refractivity contribution in [3.63, 3.8) is 0 Å². The van der Waals surface area contributed by atoms with Gasteiger partial charge in [0.1, 0.15) is 11.5 Å². The van der Waals surface area contributed by atoms with Crippen LogP contribution in [0.1, 0.15) is 12.5 Å². The Kier molecular flexibility index (Phi) is 6.40. The zero-order valence-corrected chi connectivity index (χ0v) is 15.6. The van der Waals surface area contributed by atoms with Crippen LogP contribution in [0.2, 0.25) is 5.02 Å².